The molecule has 10 heteroatoms. The lowest BCUT2D eigenvalue weighted by Crippen LogP contribution is -2.09. The maximum absolute atomic E-state index is 12.6. The molecule has 176 valence electrons. The van der Waals surface area contributed by atoms with E-state index in [-0.39, 0.29) is 24.4 Å². The minimum atomic E-state index is -0.558. The van der Waals surface area contributed by atoms with Gasteiger partial charge in [0.15, 0.2) is 0 Å². The number of nitriles is 1. The highest BCUT2D eigenvalue weighted by atomic mass is 32.1. The van der Waals surface area contributed by atoms with Gasteiger partial charge in [0.25, 0.3) is 0 Å². The highest BCUT2D eigenvalue weighted by molar-refractivity contribution is 7.18. The van der Waals surface area contributed by atoms with Crippen LogP contribution in [-0.4, -0.2) is 37.2 Å². The number of allylic oxidation sites excluding steroid dienone is 1. The van der Waals surface area contributed by atoms with Crippen LogP contribution in [-0.2, 0) is 9.47 Å². The number of nitrogens with zero attached hydrogens (tertiary/aromatic N) is 2. The maximum atomic E-state index is 12.6. The van der Waals surface area contributed by atoms with Crippen molar-refractivity contribution in [3.05, 3.63) is 56.9 Å². The van der Waals surface area contributed by atoms with E-state index in [1.54, 1.807) is 27.9 Å². The number of hydrogen-bond acceptors (Lipinski definition) is 10. The average Bonchev–Trinajstić information content (AvgIpc) is 3.45. The fourth-order valence-electron chi connectivity index (χ4n) is 3.03. The third kappa shape index (κ3) is 5.44. The molecule has 1 N–H and O–H groups in total. The van der Waals surface area contributed by atoms with Crippen LogP contribution in [0.1, 0.15) is 44.4 Å². The van der Waals surface area contributed by atoms with Gasteiger partial charge in [-0.15, -0.1) is 22.7 Å². The van der Waals surface area contributed by atoms with Crippen LogP contribution in [0.5, 0.6) is 5.75 Å². The number of thiazole rings is 1. The molecule has 0 unspecified atom stereocenters. The van der Waals surface area contributed by atoms with Crippen molar-refractivity contribution in [1.82, 2.24) is 4.98 Å². The molecule has 0 saturated heterocycles. The van der Waals surface area contributed by atoms with Gasteiger partial charge in [-0.05, 0) is 50.6 Å². The highest BCUT2D eigenvalue weighted by Crippen LogP contribution is 2.35. The molecule has 0 spiro atoms. The van der Waals surface area contributed by atoms with E-state index in [2.05, 4.69) is 16.4 Å². The lowest BCUT2D eigenvalue weighted by Gasteiger charge is -2.05. The van der Waals surface area contributed by atoms with E-state index in [1.165, 1.54) is 17.5 Å². The first-order valence-electron chi connectivity index (χ1n) is 10.4. The molecule has 0 aliphatic rings. The normalized spacial score (nSPS) is 11.0. The predicted molar refractivity (Wildman–Crippen MR) is 132 cm³/mol. The van der Waals surface area contributed by atoms with Crippen molar-refractivity contribution in [3.63, 3.8) is 0 Å². The van der Waals surface area contributed by atoms with E-state index in [4.69, 9.17) is 14.2 Å². The van der Waals surface area contributed by atoms with Gasteiger partial charge in [0.1, 0.15) is 32.3 Å². The Balaban J connectivity index is 1.91. The van der Waals surface area contributed by atoms with Crippen LogP contribution in [0.15, 0.2) is 35.8 Å². The quantitative estimate of drug-likeness (QED) is 0.304. The van der Waals surface area contributed by atoms with Crippen molar-refractivity contribution in [2.24, 2.45) is 0 Å². The van der Waals surface area contributed by atoms with Crippen LogP contribution in [0.4, 0.5) is 5.00 Å². The minimum Gasteiger partial charge on any atom is -0.497 e. The molecular weight excluding hydrogens is 474 g/mol. The number of carbonyl (C=O) groups excluding carboxylic acids is 2. The Morgan fingerprint density at radius 1 is 1.15 bits per heavy atom. The van der Waals surface area contributed by atoms with E-state index in [9.17, 15) is 14.9 Å². The lowest BCUT2D eigenvalue weighted by atomic mass is 10.1. The Morgan fingerprint density at radius 3 is 2.44 bits per heavy atom. The third-order valence-electron chi connectivity index (χ3n) is 4.68. The molecule has 2 aromatic heterocycles. The lowest BCUT2D eigenvalue weighted by molar-refractivity contribution is 0.0527. The smallest absolute Gasteiger partial charge is 0.348 e. The third-order valence-corrected chi connectivity index (χ3v) is 6.75. The first-order valence-corrected chi connectivity index (χ1v) is 12.1. The molecule has 34 heavy (non-hydrogen) atoms. The van der Waals surface area contributed by atoms with Crippen LogP contribution in [0.2, 0.25) is 0 Å². The van der Waals surface area contributed by atoms with Crippen LogP contribution in [0.25, 0.3) is 16.8 Å². The van der Waals surface area contributed by atoms with E-state index < -0.39 is 11.9 Å². The van der Waals surface area contributed by atoms with E-state index >= 15 is 0 Å². The molecule has 0 bridgehead atoms. The summed E-state index contributed by atoms with van der Waals surface area (Å²) in [5.74, 6) is -0.332. The minimum absolute atomic E-state index is 0.189. The standard InChI is InChI=1S/C24H23N3O5S2/c1-5-31-23(28)19-14(3)20(24(29)32-6-2)34-22(19)26-12-16(11-25)21-27-18(13-33-21)15-7-9-17(30-4)10-8-15/h7-10,12-13,26H,5-6H2,1-4H3. The number of hydrogen-bond donors (Lipinski definition) is 1. The van der Waals surface area contributed by atoms with Crippen molar-refractivity contribution < 1.29 is 23.8 Å². The van der Waals surface area contributed by atoms with Crippen molar-refractivity contribution in [1.29, 1.82) is 5.26 Å². The van der Waals surface area contributed by atoms with Crippen molar-refractivity contribution in [3.8, 4) is 23.1 Å². The summed E-state index contributed by atoms with van der Waals surface area (Å²) in [6.07, 6.45) is 1.47. The molecule has 2 heterocycles. The summed E-state index contributed by atoms with van der Waals surface area (Å²) in [5.41, 5.74) is 2.61. The van der Waals surface area contributed by atoms with Crippen molar-refractivity contribution in [2.45, 2.75) is 20.8 Å². The Hall–Kier alpha value is -3.68. The van der Waals surface area contributed by atoms with Crippen LogP contribution < -0.4 is 10.1 Å². The molecule has 0 aliphatic carbocycles. The SMILES string of the molecule is CCOC(=O)c1sc(NC=C(C#N)c2nc(-c3ccc(OC)cc3)cs2)c(C(=O)OCC)c1C. The molecule has 8 nitrogen and oxygen atoms in total. The summed E-state index contributed by atoms with van der Waals surface area (Å²) < 4.78 is 15.4. The number of benzene rings is 1. The van der Waals surface area contributed by atoms with Crippen LogP contribution in [0, 0.1) is 18.3 Å². The number of esters is 2. The van der Waals surface area contributed by atoms with Crippen molar-refractivity contribution >= 4 is 45.2 Å². The molecule has 0 aliphatic heterocycles. The van der Waals surface area contributed by atoms with Gasteiger partial charge in [0.05, 0.1) is 31.6 Å². The van der Waals surface area contributed by atoms with E-state index in [0.29, 0.717) is 20.4 Å². The molecule has 0 saturated carbocycles. The van der Waals surface area contributed by atoms with E-state index in [1.807, 2.05) is 29.6 Å². The average molecular weight is 498 g/mol. The van der Waals surface area contributed by atoms with E-state index in [0.717, 1.165) is 28.3 Å². The summed E-state index contributed by atoms with van der Waals surface area (Å²) in [6, 6.07) is 9.60. The monoisotopic (exact) mass is 497 g/mol. The van der Waals surface area contributed by atoms with Crippen LogP contribution >= 0.6 is 22.7 Å². The number of methoxy groups -OCH3 is 1. The highest BCUT2D eigenvalue weighted by Gasteiger charge is 2.26. The van der Waals surface area contributed by atoms with Crippen LogP contribution in [0.3, 0.4) is 0 Å². The molecule has 3 rings (SSSR count). The number of nitrogens with one attached hydrogen (secondary N) is 1. The van der Waals surface area contributed by atoms with Gasteiger partial charge in [-0.2, -0.15) is 5.26 Å². The molecule has 0 amide bonds. The van der Waals surface area contributed by atoms with Gasteiger partial charge in [0, 0.05) is 17.1 Å². The summed E-state index contributed by atoms with van der Waals surface area (Å²) in [4.78, 5) is 29.8. The second kappa shape index (κ2) is 11.4. The first-order chi connectivity index (χ1) is 16.4. The largest absolute Gasteiger partial charge is 0.497 e. The summed E-state index contributed by atoms with van der Waals surface area (Å²) >= 11 is 2.40. The van der Waals surface area contributed by atoms with Gasteiger partial charge in [0.2, 0.25) is 0 Å². The zero-order valence-electron chi connectivity index (χ0n) is 19.1. The topological polar surface area (TPSA) is 111 Å². The number of anilines is 1. The maximum Gasteiger partial charge on any atom is 0.348 e. The Kier molecular flexibility index (Phi) is 8.40. The number of ether oxygens (including phenoxy) is 3. The molecular formula is C24H23N3O5S2. The summed E-state index contributed by atoms with van der Waals surface area (Å²) in [6.45, 7) is 5.48. The number of carbonyl (C=O) groups is 2. The fourth-order valence-corrected chi connectivity index (χ4v) is 4.88. The molecule has 0 fully saturated rings. The predicted octanol–water partition coefficient (Wildman–Crippen LogP) is 5.52. The molecule has 0 atom stereocenters. The van der Waals surface area contributed by atoms with Crippen molar-refractivity contribution in [2.75, 3.05) is 25.6 Å². The number of aromatic nitrogens is 1. The van der Waals surface area contributed by atoms with Gasteiger partial charge in [-0.3, -0.25) is 0 Å². The Morgan fingerprint density at radius 2 is 1.82 bits per heavy atom. The fraction of sp³-hybridized carbons (Fsp3) is 0.250. The Bertz CT molecular complexity index is 1250. The van der Waals surface area contributed by atoms with Gasteiger partial charge >= 0.3 is 11.9 Å². The number of thiophene rings is 1. The van der Waals surface area contributed by atoms with Gasteiger partial charge in [-0.25, -0.2) is 14.6 Å². The molecule has 0 radical (unpaired) electrons. The second-order valence-electron chi connectivity index (χ2n) is 6.78. The zero-order valence-corrected chi connectivity index (χ0v) is 20.8. The summed E-state index contributed by atoms with van der Waals surface area (Å²) in [7, 11) is 1.60. The second-order valence-corrected chi connectivity index (χ2v) is 8.66. The summed E-state index contributed by atoms with van der Waals surface area (Å²) in [5, 5.41) is 15.5. The van der Waals surface area contributed by atoms with Gasteiger partial charge < -0.3 is 19.5 Å². The zero-order chi connectivity index (χ0) is 24.7. The Labute approximate surface area is 205 Å². The molecule has 3 aromatic rings. The molecule has 1 aromatic carbocycles. The number of rotatable bonds is 9. The first kappa shape index (κ1) is 25.0. The van der Waals surface area contributed by atoms with Gasteiger partial charge in [-0.1, -0.05) is 0 Å².